The first-order chi connectivity index (χ1) is 6.68. The molecule has 0 bridgehead atoms. The minimum atomic E-state index is -0.622. The fourth-order valence-corrected chi connectivity index (χ4v) is 2.48. The van der Waals surface area contributed by atoms with E-state index in [2.05, 4.69) is 4.98 Å². The summed E-state index contributed by atoms with van der Waals surface area (Å²) in [7, 11) is 0. The number of rotatable bonds is 2. The van der Waals surface area contributed by atoms with E-state index in [-0.39, 0.29) is 0 Å². The van der Waals surface area contributed by atoms with Gasteiger partial charge in [0.15, 0.2) is 0 Å². The van der Waals surface area contributed by atoms with Crippen molar-refractivity contribution in [3.05, 3.63) is 27.4 Å². The van der Waals surface area contributed by atoms with Crippen LogP contribution in [0, 0.1) is 13.8 Å². The molecular weight excluding hydrogens is 198 g/mol. The van der Waals surface area contributed by atoms with Crippen LogP contribution in [0.25, 0.3) is 0 Å². The Balaban J connectivity index is 2.25. The van der Waals surface area contributed by atoms with Crippen LogP contribution in [0.2, 0.25) is 0 Å². The summed E-state index contributed by atoms with van der Waals surface area (Å²) < 4.78 is 5.32. The first-order valence-corrected chi connectivity index (χ1v) is 5.45. The van der Waals surface area contributed by atoms with E-state index in [1.54, 1.807) is 0 Å². The van der Waals surface area contributed by atoms with Crippen molar-refractivity contribution in [2.75, 3.05) is 6.61 Å². The van der Waals surface area contributed by atoms with Gasteiger partial charge in [0.1, 0.15) is 11.9 Å². The van der Waals surface area contributed by atoms with Gasteiger partial charge in [0.05, 0.1) is 22.2 Å². The van der Waals surface area contributed by atoms with Crippen LogP contribution in [0.1, 0.15) is 28.1 Å². The van der Waals surface area contributed by atoms with Crippen molar-refractivity contribution >= 4 is 11.3 Å². The first-order valence-electron chi connectivity index (χ1n) is 4.63. The van der Waals surface area contributed by atoms with Gasteiger partial charge in [-0.05, 0) is 19.9 Å². The second-order valence-corrected chi connectivity index (χ2v) is 4.56. The summed E-state index contributed by atoms with van der Waals surface area (Å²) in [6.07, 6.45) is 2.21. The fraction of sp³-hybridized carbons (Fsp3) is 0.500. The molecule has 1 aliphatic rings. The summed E-state index contributed by atoms with van der Waals surface area (Å²) in [4.78, 5) is 5.18. The molecule has 0 saturated heterocycles. The molecule has 1 N–H and O–H groups in total. The van der Waals surface area contributed by atoms with Crippen LogP contribution in [0.15, 0.2) is 11.8 Å². The van der Waals surface area contributed by atoms with E-state index < -0.39 is 6.10 Å². The zero-order chi connectivity index (χ0) is 10.1. The van der Waals surface area contributed by atoms with E-state index in [0.717, 1.165) is 22.0 Å². The van der Waals surface area contributed by atoms with Gasteiger partial charge in [-0.15, -0.1) is 11.3 Å². The molecule has 1 aromatic heterocycles. The topological polar surface area (TPSA) is 42.4 Å². The number of thiazole rings is 1. The molecule has 1 unspecified atom stereocenters. The number of ether oxygens (including phenoxy) is 1. The Morgan fingerprint density at radius 3 is 2.86 bits per heavy atom. The minimum absolute atomic E-state index is 0.622. The SMILES string of the molecule is Cc1nc(C)c(C(O)C2=CCCO2)s1. The highest BCUT2D eigenvalue weighted by Gasteiger charge is 2.22. The van der Waals surface area contributed by atoms with Crippen molar-refractivity contribution < 1.29 is 9.84 Å². The Labute approximate surface area is 87.1 Å². The van der Waals surface area contributed by atoms with Crippen molar-refractivity contribution in [2.45, 2.75) is 26.4 Å². The number of nitrogens with zero attached hydrogens (tertiary/aromatic N) is 1. The lowest BCUT2D eigenvalue weighted by atomic mass is 10.2. The highest BCUT2D eigenvalue weighted by Crippen LogP contribution is 2.32. The molecule has 1 aliphatic heterocycles. The van der Waals surface area contributed by atoms with E-state index in [9.17, 15) is 5.11 Å². The molecule has 0 fully saturated rings. The van der Waals surface area contributed by atoms with Gasteiger partial charge in [-0.3, -0.25) is 0 Å². The van der Waals surface area contributed by atoms with E-state index >= 15 is 0 Å². The highest BCUT2D eigenvalue weighted by molar-refractivity contribution is 7.11. The van der Waals surface area contributed by atoms with E-state index in [4.69, 9.17) is 4.74 Å². The Morgan fingerprint density at radius 1 is 1.57 bits per heavy atom. The Morgan fingerprint density at radius 2 is 2.36 bits per heavy atom. The van der Waals surface area contributed by atoms with Crippen molar-refractivity contribution in [3.63, 3.8) is 0 Å². The average molecular weight is 211 g/mol. The molecule has 2 heterocycles. The molecule has 0 aliphatic carbocycles. The fourth-order valence-electron chi connectivity index (χ4n) is 1.56. The summed E-state index contributed by atoms with van der Waals surface area (Å²) >= 11 is 1.53. The molecule has 0 spiro atoms. The zero-order valence-electron chi connectivity index (χ0n) is 8.28. The Kier molecular flexibility index (Phi) is 2.56. The zero-order valence-corrected chi connectivity index (χ0v) is 9.10. The predicted molar refractivity (Wildman–Crippen MR) is 55.2 cm³/mol. The van der Waals surface area contributed by atoms with Gasteiger partial charge in [0.25, 0.3) is 0 Å². The van der Waals surface area contributed by atoms with Gasteiger partial charge in [-0.2, -0.15) is 0 Å². The van der Waals surface area contributed by atoms with Crippen LogP contribution < -0.4 is 0 Å². The number of aliphatic hydroxyl groups excluding tert-OH is 1. The van der Waals surface area contributed by atoms with Crippen LogP contribution >= 0.6 is 11.3 Å². The maximum Gasteiger partial charge on any atom is 0.147 e. The van der Waals surface area contributed by atoms with Crippen LogP contribution in [0.4, 0.5) is 0 Å². The van der Waals surface area contributed by atoms with Gasteiger partial charge in [-0.1, -0.05) is 0 Å². The van der Waals surface area contributed by atoms with E-state index in [0.29, 0.717) is 12.4 Å². The Hall–Kier alpha value is -0.870. The smallest absolute Gasteiger partial charge is 0.147 e. The third kappa shape index (κ3) is 1.67. The molecule has 0 radical (unpaired) electrons. The highest BCUT2D eigenvalue weighted by atomic mass is 32.1. The van der Waals surface area contributed by atoms with Crippen molar-refractivity contribution in [1.82, 2.24) is 4.98 Å². The van der Waals surface area contributed by atoms with Gasteiger partial charge in [0.2, 0.25) is 0 Å². The molecule has 0 saturated carbocycles. The lowest BCUT2D eigenvalue weighted by molar-refractivity contribution is 0.120. The molecular formula is C10H13NO2S. The second-order valence-electron chi connectivity index (χ2n) is 3.33. The average Bonchev–Trinajstić information content (AvgIpc) is 2.73. The maximum absolute atomic E-state index is 9.99. The second kappa shape index (κ2) is 3.71. The van der Waals surface area contributed by atoms with Gasteiger partial charge in [0, 0.05) is 6.42 Å². The molecule has 4 heteroatoms. The number of aliphatic hydroxyl groups is 1. The predicted octanol–water partition coefficient (Wildman–Crippen LogP) is 2.10. The molecule has 0 aromatic carbocycles. The summed E-state index contributed by atoms with van der Waals surface area (Å²) in [5.41, 5.74) is 0.899. The summed E-state index contributed by atoms with van der Waals surface area (Å²) in [5, 5.41) is 11.0. The van der Waals surface area contributed by atoms with Crippen molar-refractivity contribution in [1.29, 1.82) is 0 Å². The summed E-state index contributed by atoms with van der Waals surface area (Å²) in [5.74, 6) is 0.678. The van der Waals surface area contributed by atoms with Crippen LogP contribution in [0.5, 0.6) is 0 Å². The van der Waals surface area contributed by atoms with Gasteiger partial charge >= 0.3 is 0 Å². The van der Waals surface area contributed by atoms with Crippen LogP contribution in [-0.4, -0.2) is 16.7 Å². The lowest BCUT2D eigenvalue weighted by Crippen LogP contribution is -2.01. The third-order valence-corrected chi connectivity index (χ3v) is 3.31. The number of aryl methyl sites for hydroxylation is 2. The molecule has 0 amide bonds. The van der Waals surface area contributed by atoms with Crippen LogP contribution in [0.3, 0.4) is 0 Å². The normalized spacial score (nSPS) is 17.8. The molecule has 1 aromatic rings. The summed E-state index contributed by atoms with van der Waals surface area (Å²) in [6, 6.07) is 0. The largest absolute Gasteiger partial charge is 0.495 e. The molecule has 76 valence electrons. The number of aromatic nitrogens is 1. The number of hydrogen-bond acceptors (Lipinski definition) is 4. The molecule has 14 heavy (non-hydrogen) atoms. The monoisotopic (exact) mass is 211 g/mol. The molecule has 3 nitrogen and oxygen atoms in total. The van der Waals surface area contributed by atoms with Crippen LogP contribution in [-0.2, 0) is 4.74 Å². The molecule has 1 atom stereocenters. The number of hydrogen-bond donors (Lipinski definition) is 1. The third-order valence-electron chi connectivity index (χ3n) is 2.19. The van der Waals surface area contributed by atoms with Gasteiger partial charge in [-0.25, -0.2) is 4.98 Å². The van der Waals surface area contributed by atoms with Gasteiger partial charge < -0.3 is 9.84 Å². The maximum atomic E-state index is 9.99. The summed E-state index contributed by atoms with van der Waals surface area (Å²) in [6.45, 7) is 4.54. The first kappa shape index (κ1) is 9.68. The minimum Gasteiger partial charge on any atom is -0.495 e. The lowest BCUT2D eigenvalue weighted by Gasteiger charge is -2.10. The van der Waals surface area contributed by atoms with Crippen molar-refractivity contribution in [3.8, 4) is 0 Å². The van der Waals surface area contributed by atoms with Crippen molar-refractivity contribution in [2.24, 2.45) is 0 Å². The Bertz CT molecular complexity index is 370. The van der Waals surface area contributed by atoms with E-state index in [1.165, 1.54) is 11.3 Å². The standard InChI is InChI=1S/C10H13NO2S/c1-6-10(14-7(2)11-6)9(12)8-4-3-5-13-8/h4,9,12H,3,5H2,1-2H3. The quantitative estimate of drug-likeness (QED) is 0.814. The molecule has 2 rings (SSSR count). The van der Waals surface area contributed by atoms with E-state index in [1.807, 2.05) is 19.9 Å².